The van der Waals surface area contributed by atoms with Gasteiger partial charge in [0.2, 0.25) is 11.8 Å². The van der Waals surface area contributed by atoms with Crippen LogP contribution >= 0.6 is 0 Å². The topological polar surface area (TPSA) is 64.4 Å². The van der Waals surface area contributed by atoms with Crippen LogP contribution in [0.2, 0.25) is 0 Å². The third-order valence-corrected chi connectivity index (χ3v) is 3.75. The molecule has 0 spiro atoms. The fourth-order valence-corrected chi connectivity index (χ4v) is 2.39. The Morgan fingerprint density at radius 3 is 2.87 bits per heavy atom. The number of methoxy groups -OCH3 is 1. The fourth-order valence-electron chi connectivity index (χ4n) is 2.39. The normalized spacial score (nSPS) is 10.7. The number of carbonyl (C=O) groups is 1. The molecule has 0 radical (unpaired) electrons. The summed E-state index contributed by atoms with van der Waals surface area (Å²) in [4.78, 5) is 16.2. The van der Waals surface area contributed by atoms with Crippen LogP contribution in [-0.2, 0) is 4.79 Å². The second-order valence-electron chi connectivity index (χ2n) is 5.23. The summed E-state index contributed by atoms with van der Waals surface area (Å²) >= 11 is 0. The van der Waals surface area contributed by atoms with Gasteiger partial charge in [0.1, 0.15) is 11.3 Å². The van der Waals surface area contributed by atoms with Crippen molar-refractivity contribution in [2.24, 2.45) is 0 Å². The van der Waals surface area contributed by atoms with Gasteiger partial charge < -0.3 is 14.5 Å². The minimum atomic E-state index is -0.0208. The summed E-state index contributed by atoms with van der Waals surface area (Å²) in [5, 5.41) is 2.89. The molecular formula is C18H18N2O3. The Morgan fingerprint density at radius 2 is 2.13 bits per heavy atom. The number of hydrogen-bond acceptors (Lipinski definition) is 4. The van der Waals surface area contributed by atoms with Crippen molar-refractivity contribution >= 4 is 22.7 Å². The van der Waals surface area contributed by atoms with Gasteiger partial charge in [-0.05, 0) is 36.8 Å². The van der Waals surface area contributed by atoms with E-state index < -0.39 is 0 Å². The number of rotatable bonds is 4. The summed E-state index contributed by atoms with van der Waals surface area (Å²) in [5.41, 5.74) is 3.99. The summed E-state index contributed by atoms with van der Waals surface area (Å²) in [6.07, 6.45) is 0.437. The number of aromatic nitrogens is 1. The summed E-state index contributed by atoms with van der Waals surface area (Å²) in [5.74, 6) is 1.24. The van der Waals surface area contributed by atoms with Gasteiger partial charge in [0, 0.05) is 23.7 Å². The summed E-state index contributed by atoms with van der Waals surface area (Å²) in [7, 11) is 1.62. The first-order chi connectivity index (χ1) is 11.1. The van der Waals surface area contributed by atoms with E-state index in [1.165, 1.54) is 0 Å². The molecule has 0 fully saturated rings. The largest absolute Gasteiger partial charge is 0.497 e. The minimum Gasteiger partial charge on any atom is -0.497 e. The van der Waals surface area contributed by atoms with Crippen LogP contribution in [0.5, 0.6) is 5.75 Å². The van der Waals surface area contributed by atoms with E-state index in [0.29, 0.717) is 17.9 Å². The van der Waals surface area contributed by atoms with E-state index >= 15 is 0 Å². The molecule has 0 aliphatic carbocycles. The summed E-state index contributed by atoms with van der Waals surface area (Å²) in [6.45, 7) is 3.76. The average molecular weight is 310 g/mol. The molecule has 0 bridgehead atoms. The highest BCUT2D eigenvalue weighted by Gasteiger charge is 2.14. The number of anilines is 1. The predicted molar refractivity (Wildman–Crippen MR) is 89.7 cm³/mol. The van der Waals surface area contributed by atoms with Gasteiger partial charge in [0.15, 0.2) is 5.58 Å². The van der Waals surface area contributed by atoms with Crippen LogP contribution < -0.4 is 10.1 Å². The SMILES string of the molecule is CCC(=O)Nc1cccc(-c2nc3cc(OC)ccc3o2)c1C. The summed E-state index contributed by atoms with van der Waals surface area (Å²) in [6, 6.07) is 11.2. The van der Waals surface area contributed by atoms with E-state index in [4.69, 9.17) is 9.15 Å². The molecule has 0 aliphatic rings. The zero-order chi connectivity index (χ0) is 16.4. The Hall–Kier alpha value is -2.82. The van der Waals surface area contributed by atoms with Crippen molar-refractivity contribution in [2.45, 2.75) is 20.3 Å². The second kappa shape index (κ2) is 6.12. The molecule has 0 unspecified atom stereocenters. The van der Waals surface area contributed by atoms with E-state index in [-0.39, 0.29) is 5.91 Å². The second-order valence-corrected chi connectivity index (χ2v) is 5.23. The standard InChI is InChI=1S/C18H18N2O3/c1-4-17(21)19-14-7-5-6-13(11(14)2)18-20-15-10-12(22-3)8-9-16(15)23-18/h5-10H,4H2,1-3H3,(H,19,21). The molecule has 118 valence electrons. The van der Waals surface area contributed by atoms with Crippen LogP contribution in [0.1, 0.15) is 18.9 Å². The molecule has 23 heavy (non-hydrogen) atoms. The quantitative estimate of drug-likeness (QED) is 0.786. The van der Waals surface area contributed by atoms with E-state index in [2.05, 4.69) is 10.3 Å². The lowest BCUT2D eigenvalue weighted by Gasteiger charge is -2.09. The monoisotopic (exact) mass is 310 g/mol. The van der Waals surface area contributed by atoms with Crippen LogP contribution in [0, 0.1) is 6.92 Å². The van der Waals surface area contributed by atoms with Crippen molar-refractivity contribution in [3.63, 3.8) is 0 Å². The van der Waals surface area contributed by atoms with Gasteiger partial charge in [-0.25, -0.2) is 4.98 Å². The average Bonchev–Trinajstić information content (AvgIpc) is 2.99. The first kappa shape index (κ1) is 15.1. The van der Waals surface area contributed by atoms with Crippen LogP contribution in [-0.4, -0.2) is 18.0 Å². The molecule has 3 aromatic rings. The third-order valence-electron chi connectivity index (χ3n) is 3.75. The number of hydrogen-bond donors (Lipinski definition) is 1. The molecule has 1 amide bonds. The molecule has 1 heterocycles. The van der Waals surface area contributed by atoms with Gasteiger partial charge in [-0.15, -0.1) is 0 Å². The lowest BCUT2D eigenvalue weighted by atomic mass is 10.1. The van der Waals surface area contributed by atoms with Gasteiger partial charge in [0.05, 0.1) is 7.11 Å². The zero-order valence-electron chi connectivity index (χ0n) is 13.3. The zero-order valence-corrected chi connectivity index (χ0v) is 13.3. The van der Waals surface area contributed by atoms with Crippen LogP contribution in [0.15, 0.2) is 40.8 Å². The number of nitrogens with one attached hydrogen (secondary N) is 1. The number of ether oxygens (including phenoxy) is 1. The number of carbonyl (C=O) groups excluding carboxylic acids is 1. The maximum Gasteiger partial charge on any atom is 0.227 e. The number of amides is 1. The molecule has 0 saturated heterocycles. The van der Waals surface area contributed by atoms with Gasteiger partial charge >= 0.3 is 0 Å². The van der Waals surface area contributed by atoms with Crippen LogP contribution in [0.3, 0.4) is 0 Å². The number of fused-ring (bicyclic) bond motifs is 1. The van der Waals surface area contributed by atoms with Crippen molar-refractivity contribution in [1.29, 1.82) is 0 Å². The van der Waals surface area contributed by atoms with Crippen molar-refractivity contribution in [1.82, 2.24) is 4.98 Å². The molecule has 3 rings (SSSR count). The molecule has 5 heteroatoms. The number of oxazole rings is 1. The van der Waals surface area contributed by atoms with Gasteiger partial charge in [-0.2, -0.15) is 0 Å². The third kappa shape index (κ3) is 2.90. The molecule has 0 saturated carbocycles. The molecule has 0 aliphatic heterocycles. The predicted octanol–water partition coefficient (Wildman–Crippen LogP) is 4.16. The lowest BCUT2D eigenvalue weighted by Crippen LogP contribution is -2.10. The van der Waals surface area contributed by atoms with E-state index in [9.17, 15) is 4.79 Å². The van der Waals surface area contributed by atoms with Gasteiger partial charge in [0.25, 0.3) is 0 Å². The first-order valence-electron chi connectivity index (χ1n) is 7.46. The van der Waals surface area contributed by atoms with E-state index in [0.717, 1.165) is 28.1 Å². The Morgan fingerprint density at radius 1 is 1.30 bits per heavy atom. The summed E-state index contributed by atoms with van der Waals surface area (Å²) < 4.78 is 11.0. The van der Waals surface area contributed by atoms with Gasteiger partial charge in [-0.3, -0.25) is 4.79 Å². The minimum absolute atomic E-state index is 0.0208. The van der Waals surface area contributed by atoms with Crippen molar-refractivity contribution in [3.05, 3.63) is 42.0 Å². The molecule has 0 atom stereocenters. The van der Waals surface area contributed by atoms with Crippen LogP contribution in [0.25, 0.3) is 22.6 Å². The Bertz CT molecular complexity index is 868. The molecule has 5 nitrogen and oxygen atoms in total. The highest BCUT2D eigenvalue weighted by atomic mass is 16.5. The lowest BCUT2D eigenvalue weighted by molar-refractivity contribution is -0.115. The highest BCUT2D eigenvalue weighted by molar-refractivity contribution is 5.92. The van der Waals surface area contributed by atoms with Crippen LogP contribution in [0.4, 0.5) is 5.69 Å². The van der Waals surface area contributed by atoms with Crippen molar-refractivity contribution < 1.29 is 13.9 Å². The number of nitrogens with zero attached hydrogens (tertiary/aromatic N) is 1. The Balaban J connectivity index is 2.04. The van der Waals surface area contributed by atoms with Crippen molar-refractivity contribution in [2.75, 3.05) is 12.4 Å². The Kier molecular flexibility index (Phi) is 4.02. The maximum atomic E-state index is 11.6. The molecule has 1 N–H and O–H groups in total. The molecular weight excluding hydrogens is 292 g/mol. The first-order valence-corrected chi connectivity index (χ1v) is 7.46. The fraction of sp³-hybridized carbons (Fsp3) is 0.222. The van der Waals surface area contributed by atoms with Gasteiger partial charge in [-0.1, -0.05) is 13.0 Å². The highest BCUT2D eigenvalue weighted by Crippen LogP contribution is 2.31. The Labute approximate surface area is 134 Å². The molecule has 1 aromatic heterocycles. The maximum absolute atomic E-state index is 11.6. The smallest absolute Gasteiger partial charge is 0.227 e. The number of benzene rings is 2. The van der Waals surface area contributed by atoms with E-state index in [1.54, 1.807) is 7.11 Å². The van der Waals surface area contributed by atoms with E-state index in [1.807, 2.05) is 50.2 Å². The molecule has 2 aromatic carbocycles. The van der Waals surface area contributed by atoms with Crippen molar-refractivity contribution in [3.8, 4) is 17.2 Å².